The Labute approximate surface area is 127 Å². The minimum Gasteiger partial charge on any atom is -0.481 e. The molecule has 1 aromatic carbocycles. The number of carboxylic acids is 1. The van der Waals surface area contributed by atoms with Crippen LogP contribution in [0, 0.1) is 0 Å². The lowest BCUT2D eigenvalue weighted by Gasteiger charge is -2.20. The zero-order chi connectivity index (χ0) is 16.0. The lowest BCUT2D eigenvalue weighted by molar-refractivity contribution is -0.136. The van der Waals surface area contributed by atoms with E-state index in [4.69, 9.17) is 16.7 Å². The fraction of sp³-hybridized carbons (Fsp3) is 0.429. The maximum absolute atomic E-state index is 10.8. The summed E-state index contributed by atoms with van der Waals surface area (Å²) < 4.78 is 0. The molecule has 21 heavy (non-hydrogen) atoms. The minimum absolute atomic E-state index is 0.149. The van der Waals surface area contributed by atoms with Crippen LogP contribution < -0.4 is 5.32 Å². The predicted octanol–water partition coefficient (Wildman–Crippen LogP) is 0.888. The molecule has 116 valence electrons. The minimum atomic E-state index is -1.25. The van der Waals surface area contributed by atoms with Gasteiger partial charge in [0, 0.05) is 18.5 Å². The van der Waals surface area contributed by atoms with Crippen molar-refractivity contribution < 1.29 is 24.9 Å². The molecule has 0 aliphatic rings. The number of aliphatic carboxylic acids is 1. The molecule has 0 spiro atoms. The van der Waals surface area contributed by atoms with Gasteiger partial charge in [0.2, 0.25) is 5.91 Å². The maximum atomic E-state index is 10.8. The number of carbonyl (C=O) groups is 2. The molecule has 0 fully saturated rings. The van der Waals surface area contributed by atoms with E-state index < -0.39 is 18.2 Å². The predicted molar refractivity (Wildman–Crippen MR) is 77.1 cm³/mol. The van der Waals surface area contributed by atoms with Gasteiger partial charge in [-0.1, -0.05) is 17.7 Å². The molecule has 4 N–H and O–H groups in total. The van der Waals surface area contributed by atoms with Gasteiger partial charge in [0.25, 0.3) is 0 Å². The van der Waals surface area contributed by atoms with E-state index in [0.717, 1.165) is 0 Å². The summed E-state index contributed by atoms with van der Waals surface area (Å²) in [5, 5.41) is 31.8. The molecule has 1 amide bonds. The molecule has 2 atom stereocenters. The molecule has 0 saturated carbocycles. The zero-order valence-electron chi connectivity index (χ0n) is 11.5. The van der Waals surface area contributed by atoms with Crippen LogP contribution in [0.25, 0.3) is 0 Å². The summed E-state index contributed by atoms with van der Waals surface area (Å²) in [6.45, 7) is 1.57. The molecule has 0 aliphatic heterocycles. The standard InChI is InChI=1S/C14H18ClNO5/c1-8(17)16-5-4-12(18)14(21)11-3-2-10(15)6-9(11)7-13(19)20/h2-3,6,12,14,18,21H,4-5,7H2,1H3,(H,16,17)(H,19,20). The third-order valence-electron chi connectivity index (χ3n) is 2.94. The van der Waals surface area contributed by atoms with Gasteiger partial charge in [-0.2, -0.15) is 0 Å². The van der Waals surface area contributed by atoms with Crippen molar-refractivity contribution in [2.45, 2.75) is 32.0 Å². The molecule has 0 aliphatic carbocycles. The second kappa shape index (κ2) is 7.97. The molecule has 0 bridgehead atoms. The lowest BCUT2D eigenvalue weighted by Crippen LogP contribution is -2.28. The van der Waals surface area contributed by atoms with Crippen molar-refractivity contribution in [3.63, 3.8) is 0 Å². The number of hydrogen-bond donors (Lipinski definition) is 4. The number of amides is 1. The average molecular weight is 316 g/mol. The van der Waals surface area contributed by atoms with Gasteiger partial charge in [0.05, 0.1) is 12.5 Å². The first-order valence-corrected chi connectivity index (χ1v) is 6.79. The first-order valence-electron chi connectivity index (χ1n) is 6.42. The molecular weight excluding hydrogens is 298 g/mol. The third-order valence-corrected chi connectivity index (χ3v) is 3.18. The summed E-state index contributed by atoms with van der Waals surface area (Å²) in [6.07, 6.45) is -2.52. The third kappa shape index (κ3) is 5.71. The molecule has 1 aromatic rings. The van der Waals surface area contributed by atoms with Gasteiger partial charge in [0.15, 0.2) is 0 Å². The first-order chi connectivity index (χ1) is 9.81. The fourth-order valence-electron chi connectivity index (χ4n) is 1.94. The monoisotopic (exact) mass is 315 g/mol. The highest BCUT2D eigenvalue weighted by molar-refractivity contribution is 6.30. The van der Waals surface area contributed by atoms with Crippen molar-refractivity contribution in [3.8, 4) is 0 Å². The highest BCUT2D eigenvalue weighted by Crippen LogP contribution is 2.26. The number of carbonyl (C=O) groups excluding carboxylic acids is 1. The molecule has 7 heteroatoms. The maximum Gasteiger partial charge on any atom is 0.307 e. The van der Waals surface area contributed by atoms with E-state index in [2.05, 4.69) is 5.32 Å². The van der Waals surface area contributed by atoms with Gasteiger partial charge in [-0.15, -0.1) is 0 Å². The van der Waals surface area contributed by atoms with Crippen molar-refractivity contribution in [1.29, 1.82) is 0 Å². The van der Waals surface area contributed by atoms with E-state index >= 15 is 0 Å². The van der Waals surface area contributed by atoms with Crippen LogP contribution in [0.15, 0.2) is 18.2 Å². The van der Waals surface area contributed by atoms with Crippen molar-refractivity contribution in [2.24, 2.45) is 0 Å². The van der Waals surface area contributed by atoms with Crippen LogP contribution in [0.4, 0.5) is 0 Å². The Morgan fingerprint density at radius 2 is 2.00 bits per heavy atom. The van der Waals surface area contributed by atoms with Gasteiger partial charge < -0.3 is 20.6 Å². The number of aliphatic hydroxyl groups is 2. The summed E-state index contributed by atoms with van der Waals surface area (Å²) >= 11 is 5.82. The van der Waals surface area contributed by atoms with Crippen LogP contribution in [-0.2, 0) is 16.0 Å². The van der Waals surface area contributed by atoms with Crippen LogP contribution in [0.1, 0.15) is 30.6 Å². The molecule has 1 rings (SSSR count). The Kier molecular flexibility index (Phi) is 6.61. The summed E-state index contributed by atoms with van der Waals surface area (Å²) in [5.74, 6) is -1.28. The molecule has 0 aromatic heterocycles. The summed E-state index contributed by atoms with van der Waals surface area (Å²) in [7, 11) is 0. The van der Waals surface area contributed by atoms with Crippen LogP contribution in [0.3, 0.4) is 0 Å². The van der Waals surface area contributed by atoms with E-state index in [0.29, 0.717) is 16.1 Å². The molecular formula is C14H18ClNO5. The van der Waals surface area contributed by atoms with Gasteiger partial charge in [-0.25, -0.2) is 0 Å². The Morgan fingerprint density at radius 1 is 1.33 bits per heavy atom. The Bertz CT molecular complexity index is 520. The summed E-state index contributed by atoms with van der Waals surface area (Å²) in [4.78, 5) is 21.6. The number of benzene rings is 1. The van der Waals surface area contributed by atoms with Crippen LogP contribution in [0.2, 0.25) is 5.02 Å². The van der Waals surface area contributed by atoms with Gasteiger partial charge in [0.1, 0.15) is 6.10 Å². The fourth-order valence-corrected chi connectivity index (χ4v) is 2.13. The van der Waals surface area contributed by atoms with Crippen molar-refractivity contribution in [3.05, 3.63) is 34.3 Å². The van der Waals surface area contributed by atoms with Crippen LogP contribution >= 0.6 is 11.6 Å². The summed E-state index contributed by atoms with van der Waals surface area (Å²) in [5.41, 5.74) is 0.665. The number of carboxylic acid groups (broad SMARTS) is 1. The van der Waals surface area contributed by atoms with Crippen molar-refractivity contribution in [2.75, 3.05) is 6.54 Å². The summed E-state index contributed by atoms with van der Waals surface area (Å²) in [6, 6.07) is 4.47. The van der Waals surface area contributed by atoms with Crippen LogP contribution in [-0.4, -0.2) is 39.8 Å². The molecule has 0 radical (unpaired) electrons. The second-order valence-electron chi connectivity index (χ2n) is 4.70. The Balaban J connectivity index is 2.82. The SMILES string of the molecule is CC(=O)NCCC(O)C(O)c1ccc(Cl)cc1CC(=O)O. The van der Waals surface area contributed by atoms with Crippen molar-refractivity contribution in [1.82, 2.24) is 5.32 Å². The highest BCUT2D eigenvalue weighted by atomic mass is 35.5. The van der Waals surface area contributed by atoms with E-state index in [1.54, 1.807) is 0 Å². The van der Waals surface area contributed by atoms with E-state index in [1.807, 2.05) is 0 Å². The number of aliphatic hydroxyl groups excluding tert-OH is 2. The number of hydrogen-bond acceptors (Lipinski definition) is 4. The quantitative estimate of drug-likeness (QED) is 0.598. The number of nitrogens with one attached hydrogen (secondary N) is 1. The molecule has 2 unspecified atom stereocenters. The van der Waals surface area contributed by atoms with E-state index in [-0.39, 0.29) is 25.3 Å². The zero-order valence-corrected chi connectivity index (χ0v) is 12.3. The Hall–Kier alpha value is -1.63. The van der Waals surface area contributed by atoms with Crippen molar-refractivity contribution >= 4 is 23.5 Å². The lowest BCUT2D eigenvalue weighted by atomic mass is 9.95. The molecule has 0 heterocycles. The van der Waals surface area contributed by atoms with E-state index in [1.165, 1.54) is 25.1 Å². The topological polar surface area (TPSA) is 107 Å². The normalized spacial score (nSPS) is 13.5. The van der Waals surface area contributed by atoms with Gasteiger partial charge in [-0.05, 0) is 29.7 Å². The second-order valence-corrected chi connectivity index (χ2v) is 5.13. The molecule has 6 nitrogen and oxygen atoms in total. The average Bonchev–Trinajstić information content (AvgIpc) is 2.36. The number of halogens is 1. The number of rotatable bonds is 7. The Morgan fingerprint density at radius 3 is 2.57 bits per heavy atom. The van der Waals surface area contributed by atoms with Gasteiger partial charge in [-0.3, -0.25) is 9.59 Å². The first kappa shape index (κ1) is 17.4. The highest BCUT2D eigenvalue weighted by Gasteiger charge is 2.22. The smallest absolute Gasteiger partial charge is 0.307 e. The van der Waals surface area contributed by atoms with Crippen LogP contribution in [0.5, 0.6) is 0 Å². The molecule has 0 saturated heterocycles. The largest absolute Gasteiger partial charge is 0.481 e. The van der Waals surface area contributed by atoms with Gasteiger partial charge >= 0.3 is 5.97 Å². The van der Waals surface area contributed by atoms with E-state index in [9.17, 15) is 19.8 Å².